The van der Waals surface area contributed by atoms with Crippen molar-refractivity contribution in [3.05, 3.63) is 78.1 Å². The Kier molecular flexibility index (Phi) is 4.42. The topological polar surface area (TPSA) is 64.2 Å². The molecule has 0 radical (unpaired) electrons. The highest BCUT2D eigenvalue weighted by Crippen LogP contribution is 2.20. The number of imidazole rings is 1. The monoisotopic (exact) mass is 363 g/mol. The third-order valence-corrected chi connectivity index (χ3v) is 4.32. The third kappa shape index (κ3) is 3.57. The number of aryl methyl sites for hydroxylation is 1. The van der Waals surface area contributed by atoms with E-state index >= 15 is 0 Å². The van der Waals surface area contributed by atoms with E-state index in [-0.39, 0.29) is 11.7 Å². The number of rotatable bonds is 5. The summed E-state index contributed by atoms with van der Waals surface area (Å²) in [5.41, 5.74) is 3.75. The van der Waals surface area contributed by atoms with Crippen LogP contribution in [0.25, 0.3) is 16.9 Å². The molecule has 3 aromatic heterocycles. The number of aromatic nitrogens is 4. The molecule has 7 heteroatoms. The van der Waals surface area contributed by atoms with Gasteiger partial charge in [0.2, 0.25) is 0 Å². The van der Waals surface area contributed by atoms with Crippen molar-refractivity contribution in [2.75, 3.05) is 0 Å². The van der Waals surface area contributed by atoms with E-state index in [0.717, 1.165) is 29.0 Å². The van der Waals surface area contributed by atoms with E-state index in [4.69, 9.17) is 0 Å². The van der Waals surface area contributed by atoms with Crippen molar-refractivity contribution in [3.63, 3.8) is 0 Å². The number of halogens is 1. The van der Waals surface area contributed by atoms with Crippen molar-refractivity contribution >= 4 is 11.6 Å². The summed E-state index contributed by atoms with van der Waals surface area (Å²) < 4.78 is 16.7. The second-order valence-electron chi connectivity index (χ2n) is 6.20. The zero-order chi connectivity index (χ0) is 18.8. The molecule has 0 spiro atoms. The number of nitrogens with one attached hydrogen (secondary N) is 1. The summed E-state index contributed by atoms with van der Waals surface area (Å²) in [5, 5.41) is 7.09. The van der Waals surface area contributed by atoms with E-state index in [2.05, 4.69) is 15.4 Å². The fraction of sp³-hybridized carbons (Fsp3) is 0.150. The van der Waals surface area contributed by atoms with Gasteiger partial charge in [-0.1, -0.05) is 0 Å². The Morgan fingerprint density at radius 2 is 1.93 bits per heavy atom. The van der Waals surface area contributed by atoms with E-state index in [0.29, 0.717) is 12.1 Å². The molecule has 1 aromatic carbocycles. The first-order valence-electron chi connectivity index (χ1n) is 8.66. The summed E-state index contributed by atoms with van der Waals surface area (Å²) in [4.78, 5) is 17.0. The normalized spacial score (nSPS) is 11.0. The maximum atomic E-state index is 13.1. The van der Waals surface area contributed by atoms with E-state index in [1.54, 1.807) is 41.1 Å². The van der Waals surface area contributed by atoms with Crippen molar-refractivity contribution in [1.82, 2.24) is 24.5 Å². The number of carbonyl (C=O) groups is 1. The van der Waals surface area contributed by atoms with Crippen molar-refractivity contribution < 1.29 is 9.18 Å². The Morgan fingerprint density at radius 1 is 1.11 bits per heavy atom. The van der Waals surface area contributed by atoms with Crippen molar-refractivity contribution in [3.8, 4) is 11.3 Å². The number of amides is 1. The fourth-order valence-corrected chi connectivity index (χ4v) is 2.84. The molecule has 4 aromatic rings. The van der Waals surface area contributed by atoms with Gasteiger partial charge in [-0.2, -0.15) is 5.10 Å². The fourth-order valence-electron chi connectivity index (χ4n) is 2.84. The predicted octanol–water partition coefficient (Wildman–Crippen LogP) is 3.29. The molecule has 1 amide bonds. The molecular weight excluding hydrogens is 345 g/mol. The summed E-state index contributed by atoms with van der Waals surface area (Å²) in [6, 6.07) is 9.69. The van der Waals surface area contributed by atoms with Crippen molar-refractivity contribution in [1.29, 1.82) is 0 Å². The molecule has 136 valence electrons. The van der Waals surface area contributed by atoms with Crippen LogP contribution in [-0.2, 0) is 13.1 Å². The van der Waals surface area contributed by atoms with Gasteiger partial charge in [-0.3, -0.25) is 9.48 Å². The minimum atomic E-state index is -0.286. The lowest BCUT2D eigenvalue weighted by atomic mass is 10.2. The Labute approximate surface area is 155 Å². The van der Waals surface area contributed by atoms with Gasteiger partial charge in [0.25, 0.3) is 5.91 Å². The van der Waals surface area contributed by atoms with E-state index < -0.39 is 0 Å². The SMILES string of the molecule is CCn1cc(CNC(=O)c2ccc3nc(-c4ccc(F)cc4)cn3c2)cn1. The van der Waals surface area contributed by atoms with Gasteiger partial charge >= 0.3 is 0 Å². The summed E-state index contributed by atoms with van der Waals surface area (Å²) in [5.74, 6) is -0.455. The summed E-state index contributed by atoms with van der Waals surface area (Å²) in [6.45, 7) is 3.22. The zero-order valence-electron chi connectivity index (χ0n) is 14.8. The Balaban J connectivity index is 1.52. The standard InChI is InChI=1S/C20H18FN5O/c1-2-26-11-14(10-23-26)9-22-20(27)16-5-8-19-24-18(13-25(19)12-16)15-3-6-17(21)7-4-15/h3-8,10-13H,2,9H2,1H3,(H,22,27). The molecule has 1 N–H and O–H groups in total. The Bertz CT molecular complexity index is 1100. The highest BCUT2D eigenvalue weighted by molar-refractivity contribution is 5.94. The van der Waals surface area contributed by atoms with Crippen LogP contribution in [0.1, 0.15) is 22.8 Å². The summed E-state index contributed by atoms with van der Waals surface area (Å²) in [7, 11) is 0. The van der Waals surface area contributed by atoms with Gasteiger partial charge in [0.05, 0.1) is 17.5 Å². The maximum Gasteiger partial charge on any atom is 0.253 e. The number of nitrogens with zero attached hydrogens (tertiary/aromatic N) is 4. The number of pyridine rings is 1. The second-order valence-corrected chi connectivity index (χ2v) is 6.20. The number of hydrogen-bond donors (Lipinski definition) is 1. The number of benzene rings is 1. The van der Waals surface area contributed by atoms with Gasteiger partial charge in [0.1, 0.15) is 11.5 Å². The molecule has 0 fully saturated rings. The summed E-state index contributed by atoms with van der Waals surface area (Å²) in [6.07, 6.45) is 7.22. The smallest absolute Gasteiger partial charge is 0.253 e. The predicted molar refractivity (Wildman–Crippen MR) is 99.7 cm³/mol. The van der Waals surface area contributed by atoms with Crippen LogP contribution in [0.15, 0.2) is 61.2 Å². The molecule has 0 aliphatic heterocycles. The van der Waals surface area contributed by atoms with E-state index in [1.807, 2.05) is 24.0 Å². The van der Waals surface area contributed by atoms with Gasteiger partial charge in [-0.25, -0.2) is 9.37 Å². The highest BCUT2D eigenvalue weighted by atomic mass is 19.1. The molecule has 6 nitrogen and oxygen atoms in total. The van der Waals surface area contributed by atoms with Crippen LogP contribution in [0, 0.1) is 5.82 Å². The molecular formula is C20H18FN5O. The molecule has 3 heterocycles. The lowest BCUT2D eigenvalue weighted by Gasteiger charge is -2.04. The van der Waals surface area contributed by atoms with Crippen LogP contribution in [0.4, 0.5) is 4.39 Å². The molecule has 0 unspecified atom stereocenters. The van der Waals surface area contributed by atoms with Crippen LogP contribution in [-0.4, -0.2) is 25.1 Å². The van der Waals surface area contributed by atoms with Gasteiger partial charge < -0.3 is 9.72 Å². The summed E-state index contributed by atoms with van der Waals surface area (Å²) >= 11 is 0. The number of carbonyl (C=O) groups excluding carboxylic acids is 1. The largest absolute Gasteiger partial charge is 0.348 e. The quantitative estimate of drug-likeness (QED) is 0.592. The third-order valence-electron chi connectivity index (χ3n) is 4.32. The van der Waals surface area contributed by atoms with Crippen LogP contribution in [0.5, 0.6) is 0 Å². The van der Waals surface area contributed by atoms with E-state index in [9.17, 15) is 9.18 Å². The maximum absolute atomic E-state index is 13.1. The van der Waals surface area contributed by atoms with Crippen LogP contribution in [0.2, 0.25) is 0 Å². The van der Waals surface area contributed by atoms with Crippen LogP contribution >= 0.6 is 0 Å². The molecule has 0 saturated heterocycles. The lowest BCUT2D eigenvalue weighted by molar-refractivity contribution is 0.0950. The molecule has 0 atom stereocenters. The van der Waals surface area contributed by atoms with Gasteiger partial charge in [-0.05, 0) is 43.3 Å². The lowest BCUT2D eigenvalue weighted by Crippen LogP contribution is -2.22. The zero-order valence-corrected chi connectivity index (χ0v) is 14.8. The first-order valence-corrected chi connectivity index (χ1v) is 8.66. The van der Waals surface area contributed by atoms with Crippen LogP contribution < -0.4 is 5.32 Å². The number of fused-ring (bicyclic) bond motifs is 1. The molecule has 0 aliphatic rings. The average molecular weight is 363 g/mol. The van der Waals surface area contributed by atoms with Gasteiger partial charge in [0.15, 0.2) is 0 Å². The Morgan fingerprint density at radius 3 is 2.67 bits per heavy atom. The second kappa shape index (κ2) is 7.03. The molecule has 0 aliphatic carbocycles. The number of hydrogen-bond acceptors (Lipinski definition) is 3. The molecule has 0 saturated carbocycles. The molecule has 0 bridgehead atoms. The molecule has 4 rings (SSSR count). The first kappa shape index (κ1) is 17.0. The van der Waals surface area contributed by atoms with Crippen molar-refractivity contribution in [2.45, 2.75) is 20.0 Å². The van der Waals surface area contributed by atoms with Crippen LogP contribution in [0.3, 0.4) is 0 Å². The van der Waals surface area contributed by atoms with E-state index in [1.165, 1.54) is 12.1 Å². The van der Waals surface area contributed by atoms with Gasteiger partial charge in [0, 0.05) is 42.8 Å². The van der Waals surface area contributed by atoms with Crippen molar-refractivity contribution in [2.24, 2.45) is 0 Å². The minimum Gasteiger partial charge on any atom is -0.348 e. The van der Waals surface area contributed by atoms with Gasteiger partial charge in [-0.15, -0.1) is 0 Å². The average Bonchev–Trinajstić information content (AvgIpc) is 3.32. The highest BCUT2D eigenvalue weighted by Gasteiger charge is 2.10. The Hall–Kier alpha value is -3.48. The molecule has 27 heavy (non-hydrogen) atoms. The minimum absolute atomic E-state index is 0.168. The first-order chi connectivity index (χ1) is 13.1.